The number of allylic oxidation sites excluding steroid dienone is 1. The van der Waals surface area contributed by atoms with Gasteiger partial charge in [-0.3, -0.25) is 9.69 Å². The molecule has 0 aliphatic carbocycles. The van der Waals surface area contributed by atoms with E-state index in [1.165, 1.54) is 0 Å². The van der Waals surface area contributed by atoms with Crippen molar-refractivity contribution < 1.29 is 9.53 Å². The van der Waals surface area contributed by atoms with Gasteiger partial charge in [-0.25, -0.2) is 0 Å². The number of hydrogen-bond acceptors (Lipinski definition) is 2. The lowest BCUT2D eigenvalue weighted by molar-refractivity contribution is -0.119. The topological polar surface area (TPSA) is 29.5 Å². The number of nitrogens with zero attached hydrogens (tertiary/aromatic N) is 1. The first-order chi connectivity index (χ1) is 10.8. The summed E-state index contributed by atoms with van der Waals surface area (Å²) in [5.74, 6) is 0.873. The molecule has 0 spiro atoms. The predicted octanol–water partition coefficient (Wildman–Crippen LogP) is 4.12. The third kappa shape index (κ3) is 2.39. The Bertz CT molecular complexity index is 689. The molecule has 2 aromatic carbocycles. The van der Waals surface area contributed by atoms with Crippen LogP contribution in [0.5, 0.6) is 5.75 Å². The van der Waals surface area contributed by atoms with Gasteiger partial charge in [-0.1, -0.05) is 43.3 Å². The van der Waals surface area contributed by atoms with Gasteiger partial charge in [0, 0.05) is 11.3 Å². The lowest BCUT2D eigenvalue weighted by Crippen LogP contribution is -2.49. The third-order valence-corrected chi connectivity index (χ3v) is 3.91. The van der Waals surface area contributed by atoms with E-state index in [1.807, 2.05) is 53.4 Å². The third-order valence-electron chi connectivity index (χ3n) is 3.91. The summed E-state index contributed by atoms with van der Waals surface area (Å²) in [6, 6.07) is 17.8. The standard InChI is InChI=1S/C19H19NO2/c1-3-7-17-18(14-8-5-4-6-9-14)20(19(17)21)15-10-12-16(22-2)13-11-15/h4-13,18H,3H2,1-2H3/b17-7-. The Morgan fingerprint density at radius 1 is 1.09 bits per heavy atom. The van der Waals surface area contributed by atoms with Gasteiger partial charge in [-0.2, -0.15) is 0 Å². The van der Waals surface area contributed by atoms with E-state index in [9.17, 15) is 4.79 Å². The minimum atomic E-state index is 0.00189. The van der Waals surface area contributed by atoms with Gasteiger partial charge in [0.25, 0.3) is 5.91 Å². The number of carbonyl (C=O) groups excluding carboxylic acids is 1. The molecule has 0 radical (unpaired) electrons. The first-order valence-electron chi connectivity index (χ1n) is 7.49. The van der Waals surface area contributed by atoms with Crippen molar-refractivity contribution >= 4 is 11.6 Å². The molecule has 1 atom stereocenters. The number of β-lactam (4-membered cyclic amide) rings is 1. The molecular weight excluding hydrogens is 274 g/mol. The zero-order chi connectivity index (χ0) is 15.5. The molecule has 0 saturated carbocycles. The lowest BCUT2D eigenvalue weighted by atomic mass is 9.86. The van der Waals surface area contributed by atoms with Crippen LogP contribution in [0.15, 0.2) is 66.2 Å². The molecule has 3 nitrogen and oxygen atoms in total. The summed E-state index contributed by atoms with van der Waals surface area (Å²) in [6.45, 7) is 2.05. The molecule has 1 amide bonds. The van der Waals surface area contributed by atoms with Crippen LogP contribution >= 0.6 is 0 Å². The molecule has 3 rings (SSSR count). The van der Waals surface area contributed by atoms with Crippen molar-refractivity contribution in [3.63, 3.8) is 0 Å². The summed E-state index contributed by atoms with van der Waals surface area (Å²) in [5.41, 5.74) is 2.91. The molecule has 22 heavy (non-hydrogen) atoms. The minimum Gasteiger partial charge on any atom is -0.497 e. The summed E-state index contributed by atoms with van der Waals surface area (Å²) in [4.78, 5) is 14.4. The smallest absolute Gasteiger partial charge is 0.257 e. The van der Waals surface area contributed by atoms with Crippen LogP contribution in [0.4, 0.5) is 5.69 Å². The van der Waals surface area contributed by atoms with Crippen molar-refractivity contribution in [2.45, 2.75) is 19.4 Å². The van der Waals surface area contributed by atoms with Crippen LogP contribution in [0.2, 0.25) is 0 Å². The molecular formula is C19H19NO2. The Labute approximate surface area is 130 Å². The van der Waals surface area contributed by atoms with E-state index >= 15 is 0 Å². The van der Waals surface area contributed by atoms with Crippen LogP contribution in [-0.4, -0.2) is 13.0 Å². The van der Waals surface area contributed by atoms with E-state index in [4.69, 9.17) is 4.74 Å². The van der Waals surface area contributed by atoms with Crippen LogP contribution in [0.25, 0.3) is 0 Å². The zero-order valence-corrected chi connectivity index (χ0v) is 12.8. The average Bonchev–Trinajstić information content (AvgIpc) is 2.58. The molecule has 1 aliphatic heterocycles. The fraction of sp³-hybridized carbons (Fsp3) is 0.211. The van der Waals surface area contributed by atoms with E-state index in [0.29, 0.717) is 0 Å². The number of methoxy groups -OCH3 is 1. The molecule has 0 bridgehead atoms. The van der Waals surface area contributed by atoms with Crippen LogP contribution in [0.3, 0.4) is 0 Å². The van der Waals surface area contributed by atoms with E-state index in [1.54, 1.807) is 7.11 Å². The summed E-state index contributed by atoms with van der Waals surface area (Å²) >= 11 is 0. The molecule has 112 valence electrons. The molecule has 1 fully saturated rings. The predicted molar refractivity (Wildman–Crippen MR) is 88.0 cm³/mol. The molecule has 2 aromatic rings. The highest BCUT2D eigenvalue weighted by Crippen LogP contribution is 2.43. The Hall–Kier alpha value is -2.55. The van der Waals surface area contributed by atoms with Crippen molar-refractivity contribution in [3.8, 4) is 5.75 Å². The van der Waals surface area contributed by atoms with E-state index in [0.717, 1.165) is 29.0 Å². The number of anilines is 1. The Morgan fingerprint density at radius 3 is 2.36 bits per heavy atom. The lowest BCUT2D eigenvalue weighted by Gasteiger charge is -2.43. The second-order valence-electron chi connectivity index (χ2n) is 5.25. The molecule has 1 aliphatic rings. The van der Waals surface area contributed by atoms with Crippen molar-refractivity contribution in [2.24, 2.45) is 0 Å². The highest BCUT2D eigenvalue weighted by atomic mass is 16.5. The quantitative estimate of drug-likeness (QED) is 0.627. The first kappa shape index (κ1) is 14.4. The second kappa shape index (κ2) is 6.06. The number of amides is 1. The SMILES string of the molecule is CC/C=C1\C(=O)N(c2ccc(OC)cc2)C1c1ccccc1. The van der Waals surface area contributed by atoms with Gasteiger partial charge < -0.3 is 4.74 Å². The Morgan fingerprint density at radius 2 is 1.77 bits per heavy atom. The van der Waals surface area contributed by atoms with Gasteiger partial charge in [-0.15, -0.1) is 0 Å². The zero-order valence-electron chi connectivity index (χ0n) is 12.8. The van der Waals surface area contributed by atoms with E-state index < -0.39 is 0 Å². The monoisotopic (exact) mass is 293 g/mol. The van der Waals surface area contributed by atoms with E-state index in [-0.39, 0.29) is 11.9 Å². The van der Waals surface area contributed by atoms with Crippen molar-refractivity contribution in [1.29, 1.82) is 0 Å². The fourth-order valence-corrected chi connectivity index (χ4v) is 2.84. The normalized spacial score (nSPS) is 19.2. The van der Waals surface area contributed by atoms with Crippen molar-refractivity contribution in [1.82, 2.24) is 0 Å². The number of hydrogen-bond donors (Lipinski definition) is 0. The Kier molecular flexibility index (Phi) is 3.96. The number of rotatable bonds is 4. The maximum absolute atomic E-state index is 12.5. The molecule has 1 saturated heterocycles. The second-order valence-corrected chi connectivity index (χ2v) is 5.25. The van der Waals surface area contributed by atoms with E-state index in [2.05, 4.69) is 19.1 Å². The van der Waals surface area contributed by atoms with Crippen LogP contribution in [0.1, 0.15) is 24.9 Å². The van der Waals surface area contributed by atoms with Gasteiger partial charge in [0.1, 0.15) is 5.75 Å². The van der Waals surface area contributed by atoms with Crippen LogP contribution < -0.4 is 9.64 Å². The maximum atomic E-state index is 12.5. The largest absolute Gasteiger partial charge is 0.497 e. The molecule has 0 aromatic heterocycles. The summed E-state index contributed by atoms with van der Waals surface area (Å²) in [7, 11) is 1.64. The molecule has 1 heterocycles. The number of ether oxygens (including phenoxy) is 1. The van der Waals surface area contributed by atoms with Gasteiger partial charge in [0.2, 0.25) is 0 Å². The van der Waals surface area contributed by atoms with Gasteiger partial charge in [0.15, 0.2) is 0 Å². The summed E-state index contributed by atoms with van der Waals surface area (Å²) in [6.07, 6.45) is 2.89. The molecule has 1 unspecified atom stereocenters. The van der Waals surface area contributed by atoms with Crippen molar-refractivity contribution in [3.05, 3.63) is 71.8 Å². The summed E-state index contributed by atoms with van der Waals surface area (Å²) < 4.78 is 5.18. The number of benzene rings is 2. The first-order valence-corrected chi connectivity index (χ1v) is 7.49. The number of carbonyl (C=O) groups is 1. The average molecular weight is 293 g/mol. The maximum Gasteiger partial charge on any atom is 0.257 e. The van der Waals surface area contributed by atoms with Crippen LogP contribution in [-0.2, 0) is 4.79 Å². The minimum absolute atomic E-state index is 0.00189. The molecule has 0 N–H and O–H groups in total. The fourth-order valence-electron chi connectivity index (χ4n) is 2.84. The highest BCUT2D eigenvalue weighted by molar-refractivity contribution is 6.15. The van der Waals surface area contributed by atoms with Gasteiger partial charge in [0.05, 0.1) is 13.2 Å². The molecule has 3 heteroatoms. The highest BCUT2D eigenvalue weighted by Gasteiger charge is 2.43. The Balaban J connectivity index is 1.98. The van der Waals surface area contributed by atoms with Gasteiger partial charge >= 0.3 is 0 Å². The van der Waals surface area contributed by atoms with Crippen molar-refractivity contribution in [2.75, 3.05) is 12.0 Å². The summed E-state index contributed by atoms with van der Waals surface area (Å²) in [5, 5.41) is 0. The van der Waals surface area contributed by atoms with Crippen LogP contribution in [0, 0.1) is 0 Å². The van der Waals surface area contributed by atoms with Gasteiger partial charge in [-0.05, 0) is 36.2 Å².